The number of amides is 1. The Morgan fingerprint density at radius 1 is 1.19 bits per heavy atom. The van der Waals surface area contributed by atoms with Crippen molar-refractivity contribution in [3.05, 3.63) is 60.2 Å². The van der Waals surface area contributed by atoms with Crippen molar-refractivity contribution in [3.63, 3.8) is 0 Å². The lowest BCUT2D eigenvalue weighted by Gasteiger charge is -2.32. The van der Waals surface area contributed by atoms with E-state index in [1.165, 1.54) is 0 Å². The van der Waals surface area contributed by atoms with Crippen molar-refractivity contribution in [1.82, 2.24) is 15.3 Å². The van der Waals surface area contributed by atoms with Crippen LogP contribution in [0.25, 0.3) is 11.0 Å². The average Bonchev–Trinajstić information content (AvgIpc) is 3.13. The fourth-order valence-corrected chi connectivity index (χ4v) is 3.63. The minimum absolute atomic E-state index is 0.0110. The molecule has 5 heteroatoms. The topological polar surface area (TPSA) is 61.0 Å². The summed E-state index contributed by atoms with van der Waals surface area (Å²) in [6.45, 7) is 3.66. The predicted molar refractivity (Wildman–Crippen MR) is 104 cm³/mol. The number of anilines is 1. The maximum atomic E-state index is 12.8. The SMILES string of the molecule is C[C@@H](NC(=O)[C@H]1CCCN(c2nc3ccccc3[nH]2)C1)c1ccccc1. The molecule has 1 saturated heterocycles. The van der Waals surface area contributed by atoms with Crippen molar-refractivity contribution in [3.8, 4) is 0 Å². The van der Waals surface area contributed by atoms with E-state index in [4.69, 9.17) is 0 Å². The van der Waals surface area contributed by atoms with Gasteiger partial charge in [-0.25, -0.2) is 4.98 Å². The molecule has 0 spiro atoms. The summed E-state index contributed by atoms with van der Waals surface area (Å²) in [6.07, 6.45) is 1.92. The zero-order valence-electron chi connectivity index (χ0n) is 15.0. The molecular formula is C21H24N4O. The molecule has 1 fully saturated rings. The van der Waals surface area contributed by atoms with Crippen molar-refractivity contribution < 1.29 is 4.79 Å². The number of nitrogens with one attached hydrogen (secondary N) is 2. The Kier molecular flexibility index (Phi) is 4.61. The number of aromatic amines is 1. The summed E-state index contributed by atoms with van der Waals surface area (Å²) in [4.78, 5) is 23.0. The van der Waals surface area contributed by atoms with Crippen LogP contribution in [0.2, 0.25) is 0 Å². The number of H-pyrrole nitrogens is 1. The quantitative estimate of drug-likeness (QED) is 0.756. The molecule has 3 aromatic rings. The Hall–Kier alpha value is -2.82. The van der Waals surface area contributed by atoms with Gasteiger partial charge in [-0.2, -0.15) is 0 Å². The van der Waals surface area contributed by atoms with E-state index in [2.05, 4.69) is 20.2 Å². The van der Waals surface area contributed by atoms with Gasteiger partial charge in [0.25, 0.3) is 0 Å². The van der Waals surface area contributed by atoms with E-state index in [0.717, 1.165) is 41.9 Å². The number of hydrogen-bond acceptors (Lipinski definition) is 3. The monoisotopic (exact) mass is 348 g/mol. The van der Waals surface area contributed by atoms with Gasteiger partial charge in [-0.15, -0.1) is 0 Å². The maximum Gasteiger partial charge on any atom is 0.225 e. The van der Waals surface area contributed by atoms with Crippen LogP contribution in [0.1, 0.15) is 31.4 Å². The molecule has 0 saturated carbocycles. The molecule has 0 radical (unpaired) electrons. The number of carbonyl (C=O) groups excluding carboxylic acids is 1. The normalized spacial score (nSPS) is 18.7. The van der Waals surface area contributed by atoms with Gasteiger partial charge in [0.05, 0.1) is 23.0 Å². The summed E-state index contributed by atoms with van der Waals surface area (Å²) in [5.74, 6) is 0.977. The maximum absolute atomic E-state index is 12.8. The van der Waals surface area contributed by atoms with Crippen LogP contribution >= 0.6 is 0 Å². The van der Waals surface area contributed by atoms with E-state index in [9.17, 15) is 4.79 Å². The first-order chi connectivity index (χ1) is 12.7. The second-order valence-corrected chi connectivity index (χ2v) is 7.00. The first kappa shape index (κ1) is 16.6. The van der Waals surface area contributed by atoms with Gasteiger partial charge < -0.3 is 15.2 Å². The van der Waals surface area contributed by atoms with Gasteiger partial charge in [-0.3, -0.25) is 4.79 Å². The minimum Gasteiger partial charge on any atom is -0.349 e. The van der Waals surface area contributed by atoms with E-state index in [-0.39, 0.29) is 17.9 Å². The Balaban J connectivity index is 1.43. The number of fused-ring (bicyclic) bond motifs is 1. The van der Waals surface area contributed by atoms with E-state index in [0.29, 0.717) is 6.54 Å². The Bertz CT molecular complexity index is 856. The van der Waals surface area contributed by atoms with Gasteiger partial charge >= 0.3 is 0 Å². The molecule has 4 rings (SSSR count). The van der Waals surface area contributed by atoms with Crippen molar-refractivity contribution in [2.24, 2.45) is 5.92 Å². The third kappa shape index (κ3) is 3.43. The van der Waals surface area contributed by atoms with E-state index in [1.807, 2.05) is 61.5 Å². The average molecular weight is 348 g/mol. The molecule has 5 nitrogen and oxygen atoms in total. The van der Waals surface area contributed by atoms with Crippen LogP contribution in [0.5, 0.6) is 0 Å². The zero-order valence-corrected chi connectivity index (χ0v) is 15.0. The number of para-hydroxylation sites is 2. The van der Waals surface area contributed by atoms with Crippen LogP contribution in [-0.4, -0.2) is 29.0 Å². The highest BCUT2D eigenvalue weighted by Crippen LogP contribution is 2.24. The molecule has 1 aliphatic rings. The van der Waals surface area contributed by atoms with Gasteiger partial charge in [0, 0.05) is 13.1 Å². The van der Waals surface area contributed by atoms with Gasteiger partial charge in [0.2, 0.25) is 11.9 Å². The molecule has 26 heavy (non-hydrogen) atoms. The van der Waals surface area contributed by atoms with Crippen molar-refractivity contribution >= 4 is 22.9 Å². The first-order valence-electron chi connectivity index (χ1n) is 9.26. The number of benzene rings is 2. The number of carbonyl (C=O) groups is 1. The van der Waals surface area contributed by atoms with Crippen LogP contribution in [0, 0.1) is 5.92 Å². The number of rotatable bonds is 4. The molecule has 0 aliphatic carbocycles. The van der Waals surface area contributed by atoms with E-state index >= 15 is 0 Å². The first-order valence-corrected chi connectivity index (χ1v) is 9.26. The molecule has 2 aromatic carbocycles. The number of piperidine rings is 1. The van der Waals surface area contributed by atoms with Gasteiger partial charge in [0.1, 0.15) is 0 Å². The molecule has 1 amide bonds. The van der Waals surface area contributed by atoms with Crippen LogP contribution in [0.4, 0.5) is 5.95 Å². The molecule has 1 aliphatic heterocycles. The highest BCUT2D eigenvalue weighted by Gasteiger charge is 2.28. The minimum atomic E-state index is -0.0110. The lowest BCUT2D eigenvalue weighted by Crippen LogP contribution is -2.44. The molecule has 2 atom stereocenters. The van der Waals surface area contributed by atoms with Crippen molar-refractivity contribution in [1.29, 1.82) is 0 Å². The molecular weight excluding hydrogens is 324 g/mol. The fraction of sp³-hybridized carbons (Fsp3) is 0.333. The molecule has 134 valence electrons. The van der Waals surface area contributed by atoms with E-state index in [1.54, 1.807) is 0 Å². The van der Waals surface area contributed by atoms with Gasteiger partial charge in [0.15, 0.2) is 0 Å². The number of hydrogen-bond donors (Lipinski definition) is 2. The van der Waals surface area contributed by atoms with Crippen molar-refractivity contribution in [2.75, 3.05) is 18.0 Å². The second-order valence-electron chi connectivity index (χ2n) is 7.00. The van der Waals surface area contributed by atoms with Gasteiger partial charge in [-0.05, 0) is 37.5 Å². The lowest BCUT2D eigenvalue weighted by molar-refractivity contribution is -0.125. The molecule has 1 aromatic heterocycles. The van der Waals surface area contributed by atoms with Crippen LogP contribution < -0.4 is 10.2 Å². The van der Waals surface area contributed by atoms with Crippen LogP contribution in [0.15, 0.2) is 54.6 Å². The summed E-state index contributed by atoms with van der Waals surface area (Å²) in [5, 5.41) is 3.17. The zero-order chi connectivity index (χ0) is 17.9. The Labute approximate surface area is 153 Å². The van der Waals surface area contributed by atoms with E-state index < -0.39 is 0 Å². The number of aromatic nitrogens is 2. The third-order valence-electron chi connectivity index (χ3n) is 5.13. The summed E-state index contributed by atoms with van der Waals surface area (Å²) < 4.78 is 0. The lowest BCUT2D eigenvalue weighted by atomic mass is 9.96. The van der Waals surface area contributed by atoms with Gasteiger partial charge in [-0.1, -0.05) is 42.5 Å². The summed E-state index contributed by atoms with van der Waals surface area (Å²) in [7, 11) is 0. The highest BCUT2D eigenvalue weighted by molar-refractivity contribution is 5.80. The van der Waals surface area contributed by atoms with Crippen LogP contribution in [-0.2, 0) is 4.79 Å². The number of imidazole rings is 1. The van der Waals surface area contributed by atoms with Crippen LogP contribution in [0.3, 0.4) is 0 Å². The molecule has 0 bridgehead atoms. The largest absolute Gasteiger partial charge is 0.349 e. The molecule has 2 heterocycles. The third-order valence-corrected chi connectivity index (χ3v) is 5.13. The van der Waals surface area contributed by atoms with Crippen molar-refractivity contribution in [2.45, 2.75) is 25.8 Å². The summed E-state index contributed by atoms with van der Waals surface area (Å²) >= 11 is 0. The predicted octanol–water partition coefficient (Wildman–Crippen LogP) is 3.66. The standard InChI is InChI=1S/C21H24N4O/c1-15(16-8-3-2-4-9-16)22-20(26)17-10-7-13-25(14-17)21-23-18-11-5-6-12-19(18)24-21/h2-6,8-9,11-12,15,17H,7,10,13-14H2,1H3,(H,22,26)(H,23,24)/t15-,17+/m1/s1. The summed E-state index contributed by atoms with van der Waals surface area (Å²) in [5.41, 5.74) is 3.13. The fourth-order valence-electron chi connectivity index (χ4n) is 3.63. The Morgan fingerprint density at radius 2 is 1.96 bits per heavy atom. The molecule has 2 N–H and O–H groups in total. The smallest absolute Gasteiger partial charge is 0.225 e. The summed E-state index contributed by atoms with van der Waals surface area (Å²) in [6, 6.07) is 18.1. The molecule has 0 unspecified atom stereocenters. The number of nitrogens with zero attached hydrogens (tertiary/aromatic N) is 2. The highest BCUT2D eigenvalue weighted by atomic mass is 16.2. The Morgan fingerprint density at radius 3 is 2.77 bits per heavy atom. The second kappa shape index (κ2) is 7.20.